The molecule has 2 fully saturated rings. The van der Waals surface area contributed by atoms with Crippen LogP contribution in [0.4, 0.5) is 4.39 Å². The minimum Gasteiger partial charge on any atom is -0.369 e. The number of ether oxygens (including phenoxy) is 1. The van der Waals surface area contributed by atoms with Gasteiger partial charge in [0.05, 0.1) is 12.2 Å². The highest BCUT2D eigenvalue weighted by atomic mass is 19.1. The molecule has 0 unspecified atom stereocenters. The average molecular weight is 292 g/mol. The summed E-state index contributed by atoms with van der Waals surface area (Å²) < 4.78 is 19.9. The van der Waals surface area contributed by atoms with Crippen LogP contribution in [0, 0.1) is 5.82 Å². The third kappa shape index (κ3) is 3.62. The first kappa shape index (κ1) is 14.9. The summed E-state index contributed by atoms with van der Waals surface area (Å²) >= 11 is 0. The predicted molar refractivity (Wildman–Crippen MR) is 81.8 cm³/mol. The number of rotatable bonds is 5. The Bertz CT molecular complexity index is 454. The Morgan fingerprint density at radius 2 is 1.95 bits per heavy atom. The van der Waals surface area contributed by atoms with E-state index in [2.05, 4.69) is 10.2 Å². The van der Waals surface area contributed by atoms with E-state index < -0.39 is 0 Å². The van der Waals surface area contributed by atoms with Crippen LogP contribution >= 0.6 is 0 Å². The summed E-state index contributed by atoms with van der Waals surface area (Å²) in [5, 5.41) is 3.37. The van der Waals surface area contributed by atoms with Gasteiger partial charge in [-0.1, -0.05) is 12.1 Å². The largest absolute Gasteiger partial charge is 0.369 e. The van der Waals surface area contributed by atoms with Gasteiger partial charge in [0.15, 0.2) is 0 Å². The first-order valence-electron chi connectivity index (χ1n) is 8.12. The van der Waals surface area contributed by atoms with E-state index in [0.29, 0.717) is 0 Å². The van der Waals surface area contributed by atoms with Gasteiger partial charge < -0.3 is 15.0 Å². The van der Waals surface area contributed by atoms with Gasteiger partial charge in [0.2, 0.25) is 0 Å². The van der Waals surface area contributed by atoms with Crippen LogP contribution in [0.5, 0.6) is 0 Å². The van der Waals surface area contributed by atoms with E-state index in [1.54, 1.807) is 12.1 Å². The molecule has 0 bridgehead atoms. The molecule has 0 aliphatic carbocycles. The lowest BCUT2D eigenvalue weighted by Gasteiger charge is -2.38. The fraction of sp³-hybridized carbons (Fsp3) is 0.647. The molecule has 0 saturated carbocycles. The van der Waals surface area contributed by atoms with E-state index >= 15 is 0 Å². The van der Waals surface area contributed by atoms with Crippen LogP contribution < -0.4 is 5.32 Å². The van der Waals surface area contributed by atoms with Crippen molar-refractivity contribution in [2.45, 2.75) is 31.3 Å². The van der Waals surface area contributed by atoms with Crippen LogP contribution in [0.25, 0.3) is 0 Å². The maximum absolute atomic E-state index is 13.6. The van der Waals surface area contributed by atoms with Crippen molar-refractivity contribution in [1.82, 2.24) is 10.2 Å². The van der Waals surface area contributed by atoms with Gasteiger partial charge in [0.25, 0.3) is 0 Å². The van der Waals surface area contributed by atoms with Crippen LogP contribution in [-0.2, 0) is 10.3 Å². The SMILES string of the molecule is Fc1cccc(C2(OCCN3CCCC3)CCNCC2)c1. The number of halogens is 1. The molecular formula is C17H25FN2O. The summed E-state index contributed by atoms with van der Waals surface area (Å²) in [6.45, 7) is 5.97. The minimum absolute atomic E-state index is 0.173. The summed E-state index contributed by atoms with van der Waals surface area (Å²) in [5.74, 6) is -0.173. The summed E-state index contributed by atoms with van der Waals surface area (Å²) in [6.07, 6.45) is 4.44. The Morgan fingerprint density at radius 3 is 2.67 bits per heavy atom. The number of nitrogens with one attached hydrogen (secondary N) is 1. The van der Waals surface area contributed by atoms with Crippen molar-refractivity contribution in [3.63, 3.8) is 0 Å². The highest BCUT2D eigenvalue weighted by molar-refractivity contribution is 5.24. The quantitative estimate of drug-likeness (QED) is 0.902. The topological polar surface area (TPSA) is 24.5 Å². The summed E-state index contributed by atoms with van der Waals surface area (Å²) in [7, 11) is 0. The molecule has 21 heavy (non-hydrogen) atoms. The zero-order chi connectivity index (χ0) is 14.5. The van der Waals surface area contributed by atoms with Crippen LogP contribution in [0.15, 0.2) is 24.3 Å². The first-order chi connectivity index (χ1) is 10.3. The second-order valence-corrected chi connectivity index (χ2v) is 6.15. The second-order valence-electron chi connectivity index (χ2n) is 6.15. The molecule has 4 heteroatoms. The van der Waals surface area contributed by atoms with Gasteiger partial charge in [-0.3, -0.25) is 0 Å². The lowest BCUT2D eigenvalue weighted by atomic mass is 9.84. The van der Waals surface area contributed by atoms with Gasteiger partial charge in [0, 0.05) is 6.54 Å². The summed E-state index contributed by atoms with van der Waals surface area (Å²) in [4.78, 5) is 2.46. The van der Waals surface area contributed by atoms with Crippen molar-refractivity contribution in [2.24, 2.45) is 0 Å². The van der Waals surface area contributed by atoms with Gasteiger partial charge in [-0.15, -0.1) is 0 Å². The highest BCUT2D eigenvalue weighted by Crippen LogP contribution is 2.35. The maximum Gasteiger partial charge on any atom is 0.123 e. The highest BCUT2D eigenvalue weighted by Gasteiger charge is 2.35. The first-order valence-corrected chi connectivity index (χ1v) is 8.12. The average Bonchev–Trinajstić information content (AvgIpc) is 3.02. The van der Waals surface area contributed by atoms with E-state index in [0.717, 1.165) is 44.6 Å². The number of hydrogen-bond donors (Lipinski definition) is 1. The fourth-order valence-electron chi connectivity index (χ4n) is 3.50. The molecule has 2 saturated heterocycles. The zero-order valence-corrected chi connectivity index (χ0v) is 12.6. The summed E-state index contributed by atoms with van der Waals surface area (Å²) in [6, 6.07) is 6.94. The Balaban J connectivity index is 1.67. The molecule has 0 amide bonds. The van der Waals surface area contributed by atoms with Gasteiger partial charge in [-0.05, 0) is 69.6 Å². The summed E-state index contributed by atoms with van der Waals surface area (Å²) in [5.41, 5.74) is 0.679. The lowest BCUT2D eigenvalue weighted by Crippen LogP contribution is -2.43. The fourth-order valence-corrected chi connectivity index (χ4v) is 3.50. The monoisotopic (exact) mass is 292 g/mol. The number of nitrogens with zero attached hydrogens (tertiary/aromatic N) is 1. The minimum atomic E-state index is -0.312. The van der Waals surface area contributed by atoms with Crippen molar-refractivity contribution in [2.75, 3.05) is 39.3 Å². The van der Waals surface area contributed by atoms with E-state index in [-0.39, 0.29) is 11.4 Å². The van der Waals surface area contributed by atoms with Crippen LogP contribution in [0.3, 0.4) is 0 Å². The molecule has 1 aromatic rings. The Hall–Kier alpha value is -0.970. The lowest BCUT2D eigenvalue weighted by molar-refractivity contribution is -0.0761. The maximum atomic E-state index is 13.6. The second kappa shape index (κ2) is 6.86. The van der Waals surface area contributed by atoms with E-state index in [4.69, 9.17) is 4.74 Å². The van der Waals surface area contributed by atoms with Crippen molar-refractivity contribution in [3.05, 3.63) is 35.6 Å². The Kier molecular flexibility index (Phi) is 4.88. The molecule has 0 aromatic heterocycles. The molecule has 3 rings (SSSR count). The molecule has 2 aliphatic rings. The molecule has 3 nitrogen and oxygen atoms in total. The van der Waals surface area contributed by atoms with Crippen molar-refractivity contribution >= 4 is 0 Å². The number of benzene rings is 1. The molecule has 1 N–H and O–H groups in total. The molecule has 0 spiro atoms. The zero-order valence-electron chi connectivity index (χ0n) is 12.6. The van der Waals surface area contributed by atoms with E-state index in [1.807, 2.05) is 6.07 Å². The molecular weight excluding hydrogens is 267 g/mol. The van der Waals surface area contributed by atoms with Gasteiger partial charge in [-0.2, -0.15) is 0 Å². The third-order valence-electron chi connectivity index (χ3n) is 4.75. The Morgan fingerprint density at radius 1 is 1.19 bits per heavy atom. The van der Waals surface area contributed by atoms with Gasteiger partial charge >= 0.3 is 0 Å². The number of likely N-dealkylation sites (tertiary alicyclic amines) is 1. The van der Waals surface area contributed by atoms with Gasteiger partial charge in [0.1, 0.15) is 5.82 Å². The van der Waals surface area contributed by atoms with Crippen molar-refractivity contribution < 1.29 is 9.13 Å². The van der Waals surface area contributed by atoms with Crippen LogP contribution in [0.2, 0.25) is 0 Å². The number of hydrogen-bond acceptors (Lipinski definition) is 3. The van der Waals surface area contributed by atoms with Crippen molar-refractivity contribution in [3.8, 4) is 0 Å². The van der Waals surface area contributed by atoms with Gasteiger partial charge in [-0.25, -0.2) is 4.39 Å². The standard InChI is InChI=1S/C17H25FN2O/c18-16-5-3-4-15(14-16)17(6-8-19-9-7-17)21-13-12-20-10-1-2-11-20/h3-5,14,19H,1-2,6-13H2. The predicted octanol–water partition coefficient (Wildman–Crippen LogP) is 2.52. The van der Waals surface area contributed by atoms with E-state index in [1.165, 1.54) is 32.0 Å². The van der Waals surface area contributed by atoms with Crippen LogP contribution in [0.1, 0.15) is 31.2 Å². The molecule has 2 aliphatic heterocycles. The Labute approximate surface area is 126 Å². The molecule has 0 radical (unpaired) electrons. The normalized spacial score (nSPS) is 22.5. The molecule has 1 aromatic carbocycles. The third-order valence-corrected chi connectivity index (χ3v) is 4.75. The molecule has 2 heterocycles. The smallest absolute Gasteiger partial charge is 0.123 e. The molecule has 116 valence electrons. The van der Waals surface area contributed by atoms with Crippen LogP contribution in [-0.4, -0.2) is 44.2 Å². The molecule has 0 atom stereocenters. The van der Waals surface area contributed by atoms with Crippen molar-refractivity contribution in [1.29, 1.82) is 0 Å². The van der Waals surface area contributed by atoms with E-state index in [9.17, 15) is 4.39 Å². The number of piperidine rings is 1.